The lowest BCUT2D eigenvalue weighted by Crippen LogP contribution is -2.23. The van der Waals surface area contributed by atoms with Crippen molar-refractivity contribution in [3.05, 3.63) is 0 Å². The van der Waals surface area contributed by atoms with E-state index in [1.807, 2.05) is 0 Å². The second kappa shape index (κ2) is 6.27. The Balaban J connectivity index is 2.56. The van der Waals surface area contributed by atoms with Crippen LogP contribution in [0.25, 0.3) is 0 Å². The van der Waals surface area contributed by atoms with Gasteiger partial charge < -0.3 is 5.43 Å². The van der Waals surface area contributed by atoms with Gasteiger partial charge in [-0.1, -0.05) is 40.5 Å². The average Bonchev–Trinajstić information content (AvgIpc) is 2.67. The largest absolute Gasteiger partial charge is 0.310 e. The Morgan fingerprint density at radius 1 is 1.25 bits per heavy atom. The summed E-state index contributed by atoms with van der Waals surface area (Å²) in [6.45, 7) is 10.1. The van der Waals surface area contributed by atoms with Gasteiger partial charge in [-0.05, 0) is 37.0 Å². The summed E-state index contributed by atoms with van der Waals surface area (Å²) in [4.78, 5) is 0. The van der Waals surface area contributed by atoms with Crippen molar-refractivity contribution in [1.82, 2.24) is 5.43 Å². The maximum Gasteiger partial charge on any atom is 0.0414 e. The summed E-state index contributed by atoms with van der Waals surface area (Å²) < 4.78 is 0. The van der Waals surface area contributed by atoms with Crippen LogP contribution in [0, 0.1) is 11.3 Å². The fourth-order valence-electron chi connectivity index (χ4n) is 2.35. The first-order chi connectivity index (χ1) is 7.53. The molecule has 0 amide bonds. The Morgan fingerprint density at radius 2 is 1.88 bits per heavy atom. The Bertz CT molecular complexity index is 219. The average molecular weight is 224 g/mol. The number of nitrogens with zero attached hydrogens (tertiary/aromatic N) is 1. The molecule has 0 radical (unpaired) electrons. The van der Waals surface area contributed by atoms with E-state index in [9.17, 15) is 0 Å². The van der Waals surface area contributed by atoms with Crippen LogP contribution in [-0.4, -0.2) is 12.3 Å². The molecule has 1 aliphatic carbocycles. The maximum atomic E-state index is 4.65. The molecule has 0 unspecified atom stereocenters. The Hall–Kier alpha value is -0.530. The Morgan fingerprint density at radius 3 is 2.38 bits per heavy atom. The highest BCUT2D eigenvalue weighted by Gasteiger charge is 2.24. The number of nitrogens with one attached hydrogen (secondary N) is 1. The van der Waals surface area contributed by atoms with E-state index in [2.05, 4.69) is 38.2 Å². The fourth-order valence-corrected chi connectivity index (χ4v) is 2.35. The molecule has 0 atom stereocenters. The second-order valence-corrected chi connectivity index (χ2v) is 6.23. The highest BCUT2D eigenvalue weighted by Crippen LogP contribution is 2.31. The van der Waals surface area contributed by atoms with E-state index < -0.39 is 0 Å². The molecule has 0 aromatic heterocycles. The number of rotatable bonds is 5. The summed E-state index contributed by atoms with van der Waals surface area (Å²) >= 11 is 0. The summed E-state index contributed by atoms with van der Waals surface area (Å²) in [6, 6.07) is 0. The minimum absolute atomic E-state index is 0.356. The second-order valence-electron chi connectivity index (χ2n) is 6.23. The first-order valence-corrected chi connectivity index (χ1v) is 6.82. The van der Waals surface area contributed by atoms with Crippen LogP contribution < -0.4 is 5.43 Å². The number of hydrogen-bond donors (Lipinski definition) is 1. The molecule has 2 heteroatoms. The monoisotopic (exact) mass is 224 g/mol. The molecule has 1 rings (SSSR count). The standard InChI is InChI=1S/C14H28N2/c1-5-10-15-16-13(11-14(2,3)4)12-8-6-7-9-12/h12,15H,5-11H2,1-4H3/b16-13-. The minimum atomic E-state index is 0.356. The fraction of sp³-hybridized carbons (Fsp3) is 0.929. The van der Waals surface area contributed by atoms with Gasteiger partial charge in [0.2, 0.25) is 0 Å². The predicted octanol–water partition coefficient (Wildman–Crippen LogP) is 3.97. The van der Waals surface area contributed by atoms with E-state index in [-0.39, 0.29) is 0 Å². The van der Waals surface area contributed by atoms with Crippen LogP contribution in [0.1, 0.15) is 66.2 Å². The number of hydrogen-bond acceptors (Lipinski definition) is 2. The smallest absolute Gasteiger partial charge is 0.0414 e. The van der Waals surface area contributed by atoms with Crippen molar-refractivity contribution in [2.75, 3.05) is 6.54 Å². The Labute approximate surface area is 101 Å². The van der Waals surface area contributed by atoms with Crippen LogP contribution in [0.15, 0.2) is 5.10 Å². The lowest BCUT2D eigenvalue weighted by molar-refractivity contribution is 0.422. The van der Waals surface area contributed by atoms with Gasteiger partial charge in [0.05, 0.1) is 0 Å². The quantitative estimate of drug-likeness (QED) is 0.426. The topological polar surface area (TPSA) is 24.4 Å². The summed E-state index contributed by atoms with van der Waals surface area (Å²) in [6.07, 6.45) is 7.76. The van der Waals surface area contributed by atoms with Crippen molar-refractivity contribution in [3.8, 4) is 0 Å². The molecule has 1 saturated carbocycles. The van der Waals surface area contributed by atoms with E-state index in [0.717, 1.165) is 25.3 Å². The van der Waals surface area contributed by atoms with E-state index in [4.69, 9.17) is 0 Å². The normalized spacial score (nSPS) is 19.1. The van der Waals surface area contributed by atoms with Gasteiger partial charge in [0, 0.05) is 12.3 Å². The zero-order valence-electron chi connectivity index (χ0n) is 11.5. The molecule has 0 aromatic rings. The van der Waals surface area contributed by atoms with Crippen molar-refractivity contribution < 1.29 is 0 Å². The van der Waals surface area contributed by atoms with Gasteiger partial charge in [0.25, 0.3) is 0 Å². The highest BCUT2D eigenvalue weighted by molar-refractivity contribution is 5.87. The molecule has 0 saturated heterocycles. The Kier molecular flexibility index (Phi) is 5.30. The molecular formula is C14H28N2. The van der Waals surface area contributed by atoms with E-state index >= 15 is 0 Å². The molecule has 0 aliphatic heterocycles. The third-order valence-electron chi connectivity index (χ3n) is 3.12. The van der Waals surface area contributed by atoms with E-state index in [0.29, 0.717) is 5.41 Å². The van der Waals surface area contributed by atoms with Crippen LogP contribution in [0.5, 0.6) is 0 Å². The molecule has 1 N–H and O–H groups in total. The third kappa shape index (κ3) is 5.00. The van der Waals surface area contributed by atoms with Gasteiger partial charge in [0.15, 0.2) is 0 Å². The molecule has 1 fully saturated rings. The highest BCUT2D eigenvalue weighted by atomic mass is 15.3. The summed E-state index contributed by atoms with van der Waals surface area (Å²) in [5.74, 6) is 0.753. The van der Waals surface area contributed by atoms with Crippen LogP contribution >= 0.6 is 0 Å². The summed E-state index contributed by atoms with van der Waals surface area (Å²) in [5.41, 5.74) is 4.99. The lowest BCUT2D eigenvalue weighted by Gasteiger charge is -2.23. The van der Waals surface area contributed by atoms with Gasteiger partial charge >= 0.3 is 0 Å². The predicted molar refractivity (Wildman–Crippen MR) is 71.8 cm³/mol. The van der Waals surface area contributed by atoms with E-state index in [1.54, 1.807) is 0 Å². The SMILES string of the molecule is CCCN/N=C(/CC(C)(C)C)C1CCCC1. The molecule has 94 valence electrons. The molecule has 0 heterocycles. The van der Waals surface area contributed by atoms with Crippen LogP contribution in [0.3, 0.4) is 0 Å². The van der Waals surface area contributed by atoms with Crippen molar-refractivity contribution in [2.45, 2.75) is 66.2 Å². The van der Waals surface area contributed by atoms with Crippen LogP contribution in [-0.2, 0) is 0 Å². The van der Waals surface area contributed by atoms with Gasteiger partial charge in [0.1, 0.15) is 0 Å². The molecular weight excluding hydrogens is 196 g/mol. The third-order valence-corrected chi connectivity index (χ3v) is 3.12. The zero-order valence-corrected chi connectivity index (χ0v) is 11.5. The number of hydrazone groups is 1. The van der Waals surface area contributed by atoms with Crippen LogP contribution in [0.4, 0.5) is 0 Å². The van der Waals surface area contributed by atoms with Crippen molar-refractivity contribution in [3.63, 3.8) is 0 Å². The maximum absolute atomic E-state index is 4.65. The van der Waals surface area contributed by atoms with Crippen molar-refractivity contribution in [1.29, 1.82) is 0 Å². The zero-order chi connectivity index (χ0) is 12.0. The van der Waals surface area contributed by atoms with Crippen LogP contribution in [0.2, 0.25) is 0 Å². The summed E-state index contributed by atoms with van der Waals surface area (Å²) in [5, 5.41) is 4.65. The molecule has 0 aromatic carbocycles. The summed E-state index contributed by atoms with van der Waals surface area (Å²) in [7, 11) is 0. The molecule has 0 spiro atoms. The van der Waals surface area contributed by atoms with Gasteiger partial charge in [-0.15, -0.1) is 0 Å². The first-order valence-electron chi connectivity index (χ1n) is 6.82. The molecule has 16 heavy (non-hydrogen) atoms. The first kappa shape index (κ1) is 13.5. The van der Waals surface area contributed by atoms with Gasteiger partial charge in [-0.3, -0.25) is 0 Å². The van der Waals surface area contributed by atoms with Crippen molar-refractivity contribution in [2.24, 2.45) is 16.4 Å². The van der Waals surface area contributed by atoms with Crippen molar-refractivity contribution >= 4 is 5.71 Å². The molecule has 2 nitrogen and oxygen atoms in total. The van der Waals surface area contributed by atoms with E-state index in [1.165, 1.54) is 31.4 Å². The molecule has 1 aliphatic rings. The van der Waals surface area contributed by atoms with Gasteiger partial charge in [-0.25, -0.2) is 0 Å². The van der Waals surface area contributed by atoms with Gasteiger partial charge in [-0.2, -0.15) is 5.10 Å². The minimum Gasteiger partial charge on any atom is -0.310 e. The molecule has 0 bridgehead atoms. The lowest BCUT2D eigenvalue weighted by atomic mass is 9.84.